The van der Waals surface area contributed by atoms with Crippen LogP contribution < -0.4 is 5.32 Å². The minimum atomic E-state index is -0.518. The van der Waals surface area contributed by atoms with Gasteiger partial charge in [0.15, 0.2) is 6.61 Å². The third-order valence-corrected chi connectivity index (χ3v) is 5.45. The third kappa shape index (κ3) is 6.43. The number of esters is 1. The number of hydrogen-bond donors (Lipinski definition) is 1. The second-order valence-corrected chi connectivity index (χ2v) is 7.79. The quantitative estimate of drug-likeness (QED) is 0.535. The first-order valence-electron chi connectivity index (χ1n) is 9.08. The zero-order chi connectivity index (χ0) is 20.5. The molecule has 0 fully saturated rings. The highest BCUT2D eigenvalue weighted by molar-refractivity contribution is 7.98. The summed E-state index contributed by atoms with van der Waals surface area (Å²) >= 11 is 1.51. The summed E-state index contributed by atoms with van der Waals surface area (Å²) in [6.07, 6.45) is 0. The Morgan fingerprint density at radius 1 is 1.11 bits per heavy atom. The van der Waals surface area contributed by atoms with Crippen LogP contribution in [0.2, 0.25) is 0 Å². The molecular weight excluding hydrogens is 372 g/mol. The molecule has 0 radical (unpaired) electrons. The molecule has 2 aromatic rings. The van der Waals surface area contributed by atoms with Crippen LogP contribution in [0.15, 0.2) is 53.4 Å². The standard InChI is InChI=1S/C22H24N2O3S/c1-15(2)16(3)24-21(25)13-27-22(26)19-6-4-5-7-20(19)28-14-18-10-8-17(12-23)9-11-18/h4-11,15-16H,13-14H2,1-3H3,(H,24,25)/t16-/m0/s1. The normalized spacial score (nSPS) is 11.5. The highest BCUT2D eigenvalue weighted by Gasteiger charge is 2.16. The number of carbonyl (C=O) groups excluding carboxylic acids is 2. The molecule has 0 aromatic heterocycles. The van der Waals surface area contributed by atoms with E-state index in [1.807, 2.05) is 45.0 Å². The van der Waals surface area contributed by atoms with E-state index in [-0.39, 0.29) is 18.6 Å². The topological polar surface area (TPSA) is 79.2 Å². The molecule has 0 aliphatic rings. The molecule has 6 heteroatoms. The predicted octanol–water partition coefficient (Wildman–Crippen LogP) is 4.17. The Morgan fingerprint density at radius 2 is 1.79 bits per heavy atom. The molecule has 0 bridgehead atoms. The van der Waals surface area contributed by atoms with E-state index in [0.29, 0.717) is 22.8 Å². The number of benzene rings is 2. The second-order valence-electron chi connectivity index (χ2n) is 6.77. The molecule has 0 spiro atoms. The lowest BCUT2D eigenvalue weighted by molar-refractivity contribution is -0.125. The zero-order valence-corrected chi connectivity index (χ0v) is 17.1. The lowest BCUT2D eigenvalue weighted by Gasteiger charge is -2.17. The van der Waals surface area contributed by atoms with Crippen molar-refractivity contribution in [2.24, 2.45) is 5.92 Å². The van der Waals surface area contributed by atoms with E-state index in [2.05, 4.69) is 11.4 Å². The van der Waals surface area contributed by atoms with Crippen LogP contribution in [0.4, 0.5) is 0 Å². The van der Waals surface area contributed by atoms with Crippen molar-refractivity contribution in [2.75, 3.05) is 6.61 Å². The summed E-state index contributed by atoms with van der Waals surface area (Å²) in [4.78, 5) is 25.1. The smallest absolute Gasteiger partial charge is 0.339 e. The van der Waals surface area contributed by atoms with E-state index < -0.39 is 5.97 Å². The van der Waals surface area contributed by atoms with Crippen molar-refractivity contribution in [3.05, 3.63) is 65.2 Å². The molecule has 5 nitrogen and oxygen atoms in total. The van der Waals surface area contributed by atoms with Gasteiger partial charge in [-0.1, -0.05) is 38.1 Å². The maximum Gasteiger partial charge on any atom is 0.339 e. The fraction of sp³-hybridized carbons (Fsp3) is 0.318. The van der Waals surface area contributed by atoms with Crippen LogP contribution in [0.1, 0.15) is 42.3 Å². The molecule has 2 rings (SSSR count). The van der Waals surface area contributed by atoms with Crippen molar-refractivity contribution in [1.29, 1.82) is 5.26 Å². The first kappa shape index (κ1) is 21.5. The molecule has 0 heterocycles. The van der Waals surface area contributed by atoms with E-state index >= 15 is 0 Å². The number of amides is 1. The molecule has 0 aliphatic carbocycles. The molecule has 28 heavy (non-hydrogen) atoms. The van der Waals surface area contributed by atoms with E-state index in [1.165, 1.54) is 11.8 Å². The Morgan fingerprint density at radius 3 is 2.43 bits per heavy atom. The van der Waals surface area contributed by atoms with Crippen LogP contribution in [0, 0.1) is 17.2 Å². The van der Waals surface area contributed by atoms with Crippen LogP contribution in [0.3, 0.4) is 0 Å². The Balaban J connectivity index is 1.95. The highest BCUT2D eigenvalue weighted by Crippen LogP contribution is 2.27. The van der Waals surface area contributed by atoms with Gasteiger partial charge in [-0.25, -0.2) is 4.79 Å². The van der Waals surface area contributed by atoms with Gasteiger partial charge in [0.1, 0.15) is 0 Å². The van der Waals surface area contributed by atoms with Crippen molar-refractivity contribution >= 4 is 23.6 Å². The number of nitrogens with zero attached hydrogens (tertiary/aromatic N) is 1. The summed E-state index contributed by atoms with van der Waals surface area (Å²) in [5.41, 5.74) is 2.10. The summed E-state index contributed by atoms with van der Waals surface area (Å²) in [5, 5.41) is 11.7. The molecule has 146 valence electrons. The van der Waals surface area contributed by atoms with Gasteiger partial charge in [-0.3, -0.25) is 4.79 Å². The molecule has 0 saturated heterocycles. The number of rotatable bonds is 8. The molecule has 0 aliphatic heterocycles. The zero-order valence-electron chi connectivity index (χ0n) is 16.3. The van der Waals surface area contributed by atoms with Crippen LogP contribution in [-0.4, -0.2) is 24.5 Å². The Bertz CT molecular complexity index is 857. The van der Waals surface area contributed by atoms with Crippen LogP contribution in [0.25, 0.3) is 0 Å². The lowest BCUT2D eigenvalue weighted by Crippen LogP contribution is -2.38. The summed E-state index contributed by atoms with van der Waals surface area (Å²) in [6, 6.07) is 16.6. The maximum atomic E-state index is 12.4. The molecule has 0 saturated carbocycles. The Hall–Kier alpha value is -2.78. The van der Waals surface area contributed by atoms with Crippen molar-refractivity contribution in [3.63, 3.8) is 0 Å². The molecule has 0 unspecified atom stereocenters. The largest absolute Gasteiger partial charge is 0.452 e. The van der Waals surface area contributed by atoms with Gasteiger partial charge in [-0.15, -0.1) is 11.8 Å². The van der Waals surface area contributed by atoms with E-state index in [1.54, 1.807) is 24.3 Å². The van der Waals surface area contributed by atoms with Gasteiger partial charge in [-0.2, -0.15) is 5.26 Å². The number of thioether (sulfide) groups is 1. The van der Waals surface area contributed by atoms with Gasteiger partial charge < -0.3 is 10.1 Å². The summed E-state index contributed by atoms with van der Waals surface area (Å²) < 4.78 is 5.19. The number of nitrogens with one attached hydrogen (secondary N) is 1. The third-order valence-electron chi connectivity index (χ3n) is 4.31. The maximum absolute atomic E-state index is 12.4. The van der Waals surface area contributed by atoms with E-state index in [0.717, 1.165) is 10.5 Å². The van der Waals surface area contributed by atoms with Gasteiger partial charge in [-0.05, 0) is 42.7 Å². The van der Waals surface area contributed by atoms with Crippen molar-refractivity contribution in [1.82, 2.24) is 5.32 Å². The average molecular weight is 397 g/mol. The van der Waals surface area contributed by atoms with Crippen LogP contribution in [-0.2, 0) is 15.3 Å². The number of hydrogen-bond acceptors (Lipinski definition) is 5. The molecule has 1 N–H and O–H groups in total. The number of carbonyl (C=O) groups is 2. The first-order valence-corrected chi connectivity index (χ1v) is 10.1. The monoisotopic (exact) mass is 396 g/mol. The van der Waals surface area contributed by atoms with Crippen molar-refractivity contribution < 1.29 is 14.3 Å². The van der Waals surface area contributed by atoms with Crippen molar-refractivity contribution in [2.45, 2.75) is 37.5 Å². The van der Waals surface area contributed by atoms with Crippen molar-refractivity contribution in [3.8, 4) is 6.07 Å². The fourth-order valence-corrected chi connectivity index (χ4v) is 3.27. The van der Waals surface area contributed by atoms with Gasteiger partial charge in [0.05, 0.1) is 17.2 Å². The molecule has 2 aromatic carbocycles. The van der Waals surface area contributed by atoms with Gasteiger partial charge in [0.2, 0.25) is 0 Å². The number of nitriles is 1. The fourth-order valence-electron chi connectivity index (χ4n) is 2.27. The highest BCUT2D eigenvalue weighted by atomic mass is 32.2. The summed E-state index contributed by atoms with van der Waals surface area (Å²) in [5.74, 6) is 0.133. The van der Waals surface area contributed by atoms with Gasteiger partial charge >= 0.3 is 5.97 Å². The van der Waals surface area contributed by atoms with Crippen LogP contribution >= 0.6 is 11.8 Å². The van der Waals surface area contributed by atoms with E-state index in [9.17, 15) is 9.59 Å². The van der Waals surface area contributed by atoms with E-state index in [4.69, 9.17) is 10.00 Å². The first-order chi connectivity index (χ1) is 13.4. The minimum Gasteiger partial charge on any atom is -0.452 e. The average Bonchev–Trinajstić information content (AvgIpc) is 2.71. The Kier molecular flexibility index (Phi) is 8.09. The second kappa shape index (κ2) is 10.5. The van der Waals surface area contributed by atoms with Gasteiger partial charge in [0.25, 0.3) is 5.91 Å². The lowest BCUT2D eigenvalue weighted by atomic mass is 10.1. The molecule has 1 amide bonds. The number of ether oxygens (including phenoxy) is 1. The van der Waals surface area contributed by atoms with Crippen LogP contribution in [0.5, 0.6) is 0 Å². The Labute approximate surface area is 170 Å². The SMILES string of the molecule is CC(C)[C@H](C)NC(=O)COC(=O)c1ccccc1SCc1ccc(C#N)cc1. The molecular formula is C22H24N2O3S. The minimum absolute atomic E-state index is 0.0152. The van der Waals surface area contributed by atoms with Gasteiger partial charge in [0, 0.05) is 16.7 Å². The molecule has 1 atom stereocenters. The summed E-state index contributed by atoms with van der Waals surface area (Å²) in [6.45, 7) is 5.64. The predicted molar refractivity (Wildman–Crippen MR) is 110 cm³/mol. The summed E-state index contributed by atoms with van der Waals surface area (Å²) in [7, 11) is 0.